The van der Waals surface area contributed by atoms with Gasteiger partial charge in [-0.25, -0.2) is 9.37 Å². The van der Waals surface area contributed by atoms with Gasteiger partial charge in [-0.05, 0) is 35.9 Å². The minimum Gasteiger partial charge on any atom is -0.496 e. The fraction of sp³-hybridized carbons (Fsp3) is 0.158. The number of rotatable bonds is 7. The Bertz CT molecular complexity index is 961. The third kappa shape index (κ3) is 5.01. The molecule has 5 nitrogen and oxygen atoms in total. The van der Waals surface area contributed by atoms with Crippen molar-refractivity contribution in [3.05, 3.63) is 59.2 Å². The van der Waals surface area contributed by atoms with Crippen LogP contribution in [0.1, 0.15) is 5.56 Å². The highest BCUT2D eigenvalue weighted by atomic mass is 32.1. The van der Waals surface area contributed by atoms with Gasteiger partial charge in [-0.15, -0.1) is 11.3 Å². The van der Waals surface area contributed by atoms with Crippen molar-refractivity contribution in [2.75, 3.05) is 12.4 Å². The van der Waals surface area contributed by atoms with Crippen LogP contribution in [-0.2, 0) is 11.2 Å². The van der Waals surface area contributed by atoms with Gasteiger partial charge in [-0.3, -0.25) is 4.79 Å². The summed E-state index contributed by atoms with van der Waals surface area (Å²) >= 11 is 1.19. The Hall–Kier alpha value is -3.07. The van der Waals surface area contributed by atoms with Crippen molar-refractivity contribution in [1.82, 2.24) is 4.98 Å². The number of halogens is 3. The first-order valence-corrected chi connectivity index (χ1v) is 8.95. The topological polar surface area (TPSA) is 60.5 Å². The van der Waals surface area contributed by atoms with E-state index in [1.165, 1.54) is 60.9 Å². The number of thiazole rings is 1. The number of hydrogen-bond acceptors (Lipinski definition) is 5. The van der Waals surface area contributed by atoms with Crippen LogP contribution in [0.4, 0.5) is 18.3 Å². The largest absolute Gasteiger partial charge is 0.496 e. The van der Waals surface area contributed by atoms with Crippen LogP contribution >= 0.6 is 11.3 Å². The molecule has 1 heterocycles. The molecule has 28 heavy (non-hydrogen) atoms. The minimum absolute atomic E-state index is 0.0211. The Labute approximate surface area is 162 Å². The Morgan fingerprint density at radius 3 is 2.64 bits per heavy atom. The maximum absolute atomic E-state index is 13.5. The van der Waals surface area contributed by atoms with E-state index in [0.717, 1.165) is 0 Å². The molecule has 0 aliphatic carbocycles. The smallest absolute Gasteiger partial charge is 0.387 e. The predicted octanol–water partition coefficient (Wildman–Crippen LogP) is 4.74. The molecular formula is C19H15F3N2O3S. The zero-order chi connectivity index (χ0) is 20.1. The summed E-state index contributed by atoms with van der Waals surface area (Å²) in [4.78, 5) is 16.5. The van der Waals surface area contributed by atoms with Gasteiger partial charge >= 0.3 is 6.61 Å². The van der Waals surface area contributed by atoms with Gasteiger partial charge in [0.1, 0.15) is 17.3 Å². The average molecular weight is 408 g/mol. The SMILES string of the molecule is COc1ccc(F)cc1-c1csc(NC(=O)Cc2ccc(OC(F)F)cc2)n1. The van der Waals surface area contributed by atoms with E-state index in [1.807, 2.05) is 0 Å². The average Bonchev–Trinajstić information content (AvgIpc) is 3.11. The number of anilines is 1. The zero-order valence-electron chi connectivity index (χ0n) is 14.6. The first-order chi connectivity index (χ1) is 13.4. The Balaban J connectivity index is 1.65. The maximum Gasteiger partial charge on any atom is 0.387 e. The van der Waals surface area contributed by atoms with E-state index >= 15 is 0 Å². The molecule has 0 aliphatic heterocycles. The van der Waals surface area contributed by atoms with Crippen molar-refractivity contribution in [2.24, 2.45) is 0 Å². The molecule has 0 aliphatic rings. The van der Waals surface area contributed by atoms with Gasteiger partial charge < -0.3 is 14.8 Å². The molecule has 9 heteroatoms. The Morgan fingerprint density at radius 2 is 1.96 bits per heavy atom. The summed E-state index contributed by atoms with van der Waals surface area (Å²) in [5, 5.41) is 4.70. The summed E-state index contributed by atoms with van der Waals surface area (Å²) in [7, 11) is 1.48. The molecule has 3 rings (SSSR count). The second kappa shape index (κ2) is 8.75. The highest BCUT2D eigenvalue weighted by molar-refractivity contribution is 7.14. The maximum atomic E-state index is 13.5. The molecule has 0 fully saturated rings. The molecule has 0 bridgehead atoms. The normalized spacial score (nSPS) is 10.8. The van der Waals surface area contributed by atoms with Crippen LogP contribution in [0, 0.1) is 5.82 Å². The molecule has 0 saturated heterocycles. The van der Waals surface area contributed by atoms with Gasteiger partial charge in [-0.2, -0.15) is 8.78 Å². The molecule has 3 aromatic rings. The van der Waals surface area contributed by atoms with Crippen molar-refractivity contribution in [3.63, 3.8) is 0 Å². The number of carbonyl (C=O) groups excluding carboxylic acids is 1. The Morgan fingerprint density at radius 1 is 1.21 bits per heavy atom. The van der Waals surface area contributed by atoms with E-state index in [0.29, 0.717) is 27.7 Å². The zero-order valence-corrected chi connectivity index (χ0v) is 15.4. The van der Waals surface area contributed by atoms with Crippen LogP contribution in [0.5, 0.6) is 11.5 Å². The van der Waals surface area contributed by atoms with Crippen LogP contribution in [0.2, 0.25) is 0 Å². The van der Waals surface area contributed by atoms with Crippen LogP contribution in [-0.4, -0.2) is 24.6 Å². The number of amides is 1. The van der Waals surface area contributed by atoms with Crippen molar-refractivity contribution in [1.29, 1.82) is 0 Å². The van der Waals surface area contributed by atoms with Crippen LogP contribution in [0.3, 0.4) is 0 Å². The lowest BCUT2D eigenvalue weighted by atomic mass is 10.1. The second-order valence-corrected chi connectivity index (χ2v) is 6.49. The highest BCUT2D eigenvalue weighted by Crippen LogP contribution is 2.32. The van der Waals surface area contributed by atoms with E-state index in [4.69, 9.17) is 4.74 Å². The van der Waals surface area contributed by atoms with E-state index < -0.39 is 12.4 Å². The van der Waals surface area contributed by atoms with E-state index in [1.54, 1.807) is 5.38 Å². The summed E-state index contributed by atoms with van der Waals surface area (Å²) in [6, 6.07) is 9.89. The molecule has 2 aromatic carbocycles. The molecule has 0 saturated carbocycles. The standard InChI is InChI=1S/C19H15F3N2O3S/c1-26-16-7-4-12(20)9-14(16)15-10-28-19(23-15)24-17(25)8-11-2-5-13(6-3-11)27-18(21)22/h2-7,9-10,18H,8H2,1H3,(H,23,24,25). The number of methoxy groups -OCH3 is 1. The summed E-state index contributed by atoms with van der Waals surface area (Å²) in [6.07, 6.45) is 0.0349. The van der Waals surface area contributed by atoms with E-state index in [2.05, 4.69) is 15.0 Å². The molecule has 0 radical (unpaired) electrons. The predicted molar refractivity (Wildman–Crippen MR) is 99.5 cm³/mol. The molecule has 0 atom stereocenters. The van der Waals surface area contributed by atoms with Gasteiger partial charge in [-0.1, -0.05) is 12.1 Å². The molecule has 1 N–H and O–H groups in total. The van der Waals surface area contributed by atoms with Crippen LogP contribution < -0.4 is 14.8 Å². The molecule has 1 amide bonds. The highest BCUT2D eigenvalue weighted by Gasteiger charge is 2.13. The number of alkyl halides is 2. The quantitative estimate of drug-likeness (QED) is 0.614. The van der Waals surface area contributed by atoms with Crippen LogP contribution in [0.25, 0.3) is 11.3 Å². The monoisotopic (exact) mass is 408 g/mol. The number of ether oxygens (including phenoxy) is 2. The number of benzene rings is 2. The fourth-order valence-corrected chi connectivity index (χ4v) is 3.20. The first-order valence-electron chi connectivity index (χ1n) is 8.07. The summed E-state index contributed by atoms with van der Waals surface area (Å²) in [5.41, 5.74) is 1.58. The molecule has 146 valence electrons. The van der Waals surface area contributed by atoms with Gasteiger partial charge in [0.05, 0.1) is 19.2 Å². The van der Waals surface area contributed by atoms with Crippen molar-refractivity contribution in [3.8, 4) is 22.8 Å². The molecule has 0 unspecified atom stereocenters. The third-order valence-electron chi connectivity index (χ3n) is 3.70. The Kier molecular flexibility index (Phi) is 6.15. The van der Waals surface area contributed by atoms with Crippen LogP contribution in [0.15, 0.2) is 47.8 Å². The van der Waals surface area contributed by atoms with Crippen molar-refractivity contribution in [2.45, 2.75) is 13.0 Å². The summed E-state index contributed by atoms with van der Waals surface area (Å²) < 4.78 is 47.3. The number of aromatic nitrogens is 1. The number of carbonyl (C=O) groups is 1. The van der Waals surface area contributed by atoms with E-state index in [9.17, 15) is 18.0 Å². The van der Waals surface area contributed by atoms with Gasteiger partial charge in [0.2, 0.25) is 5.91 Å². The van der Waals surface area contributed by atoms with Gasteiger partial charge in [0, 0.05) is 10.9 Å². The van der Waals surface area contributed by atoms with Crippen molar-refractivity contribution >= 4 is 22.4 Å². The minimum atomic E-state index is -2.90. The second-order valence-electron chi connectivity index (χ2n) is 5.63. The van der Waals surface area contributed by atoms with E-state index in [-0.39, 0.29) is 18.1 Å². The lowest BCUT2D eigenvalue weighted by Gasteiger charge is -2.06. The lowest BCUT2D eigenvalue weighted by Crippen LogP contribution is -2.14. The lowest BCUT2D eigenvalue weighted by molar-refractivity contribution is -0.115. The fourth-order valence-electron chi connectivity index (χ4n) is 2.47. The van der Waals surface area contributed by atoms with Crippen molar-refractivity contribution < 1.29 is 27.4 Å². The summed E-state index contributed by atoms with van der Waals surface area (Å²) in [5.74, 6) is -0.258. The first kappa shape index (κ1) is 19.7. The number of hydrogen-bond donors (Lipinski definition) is 1. The van der Waals surface area contributed by atoms with Gasteiger partial charge in [0.25, 0.3) is 0 Å². The summed E-state index contributed by atoms with van der Waals surface area (Å²) in [6.45, 7) is -2.90. The third-order valence-corrected chi connectivity index (χ3v) is 4.46. The molecule has 0 spiro atoms. The molecule has 1 aromatic heterocycles. The number of nitrogens with zero attached hydrogens (tertiary/aromatic N) is 1. The molecular weight excluding hydrogens is 393 g/mol. The van der Waals surface area contributed by atoms with Gasteiger partial charge in [0.15, 0.2) is 5.13 Å². The number of nitrogens with one attached hydrogen (secondary N) is 1.